The predicted octanol–water partition coefficient (Wildman–Crippen LogP) is 1.31. The summed E-state index contributed by atoms with van der Waals surface area (Å²) < 4.78 is 32.0. The topological polar surface area (TPSA) is 110 Å². The molecule has 1 aromatic heterocycles. The second-order valence-electron chi connectivity index (χ2n) is 6.54. The van der Waals surface area contributed by atoms with Crippen molar-refractivity contribution in [3.63, 3.8) is 0 Å². The molecule has 0 unspecified atom stereocenters. The first-order valence-corrected chi connectivity index (χ1v) is 10.1. The molecule has 0 saturated carbocycles. The van der Waals surface area contributed by atoms with Crippen molar-refractivity contribution in [2.75, 3.05) is 32.7 Å². The van der Waals surface area contributed by atoms with E-state index in [-0.39, 0.29) is 42.1 Å². The van der Waals surface area contributed by atoms with Crippen LogP contribution < -0.4 is 5.73 Å². The van der Waals surface area contributed by atoms with E-state index in [1.807, 2.05) is 13.8 Å². The van der Waals surface area contributed by atoms with E-state index in [2.05, 4.69) is 5.16 Å². The van der Waals surface area contributed by atoms with E-state index in [4.69, 9.17) is 10.3 Å². The van der Waals surface area contributed by atoms with Gasteiger partial charge in [-0.05, 0) is 26.7 Å². The summed E-state index contributed by atoms with van der Waals surface area (Å²) >= 11 is 0. The Morgan fingerprint density at radius 3 is 2.12 bits per heavy atom. The number of aromatic nitrogens is 1. The van der Waals surface area contributed by atoms with E-state index < -0.39 is 15.4 Å². The molecule has 1 fully saturated rings. The highest BCUT2D eigenvalue weighted by Crippen LogP contribution is 2.29. The fourth-order valence-electron chi connectivity index (χ4n) is 3.37. The Bertz CT molecular complexity index is 695. The number of amides is 1. The lowest BCUT2D eigenvalue weighted by Gasteiger charge is -2.39. The predicted molar refractivity (Wildman–Crippen MR) is 101 cm³/mol. The molecule has 1 aliphatic heterocycles. The Hall–Kier alpha value is -1.16. The zero-order valence-corrected chi connectivity index (χ0v) is 17.5. The van der Waals surface area contributed by atoms with E-state index in [1.165, 1.54) is 4.31 Å². The number of sulfonamides is 1. The Kier molecular flexibility index (Phi) is 7.64. The van der Waals surface area contributed by atoms with Crippen LogP contribution in [-0.4, -0.2) is 61.4 Å². The van der Waals surface area contributed by atoms with Crippen molar-refractivity contribution in [1.29, 1.82) is 0 Å². The number of hydrogen-bond acceptors (Lipinski definition) is 6. The number of nitrogens with zero attached hydrogens (tertiary/aromatic N) is 3. The third-order valence-corrected chi connectivity index (χ3v) is 7.43. The summed E-state index contributed by atoms with van der Waals surface area (Å²) in [4.78, 5) is 14.7. The standard InChI is InChI=1S/C16H28N4O4S.ClH/c1-5-16(6-2,11-17)15(21)19-7-9-20(10-8-19)25(22,23)14-12(3)18-24-13(14)4;/h5-11,17H2,1-4H3;1H. The lowest BCUT2D eigenvalue weighted by atomic mass is 9.81. The van der Waals surface area contributed by atoms with Crippen LogP contribution in [0.3, 0.4) is 0 Å². The summed E-state index contributed by atoms with van der Waals surface area (Å²) in [6.45, 7) is 8.67. The van der Waals surface area contributed by atoms with Crippen LogP contribution in [0.5, 0.6) is 0 Å². The number of piperazine rings is 1. The van der Waals surface area contributed by atoms with Crippen LogP contribution in [0.25, 0.3) is 0 Å². The van der Waals surface area contributed by atoms with E-state index in [0.29, 0.717) is 38.2 Å². The third-order valence-electron chi connectivity index (χ3n) is 5.29. The second kappa shape index (κ2) is 8.69. The Labute approximate surface area is 161 Å². The Morgan fingerprint density at radius 2 is 1.73 bits per heavy atom. The largest absolute Gasteiger partial charge is 0.360 e. The van der Waals surface area contributed by atoms with Gasteiger partial charge in [0, 0.05) is 32.7 Å². The van der Waals surface area contributed by atoms with E-state index in [9.17, 15) is 13.2 Å². The van der Waals surface area contributed by atoms with Crippen molar-refractivity contribution in [1.82, 2.24) is 14.4 Å². The minimum atomic E-state index is -3.67. The highest BCUT2D eigenvalue weighted by molar-refractivity contribution is 7.89. The maximum atomic E-state index is 12.9. The monoisotopic (exact) mass is 408 g/mol. The first-order chi connectivity index (χ1) is 11.7. The number of carbonyl (C=O) groups is 1. The number of carbonyl (C=O) groups excluding carboxylic acids is 1. The van der Waals surface area contributed by atoms with Gasteiger partial charge in [-0.2, -0.15) is 4.31 Å². The molecule has 2 N–H and O–H groups in total. The molecule has 1 saturated heterocycles. The number of aryl methyl sites for hydroxylation is 2. The SMILES string of the molecule is CCC(CC)(CN)C(=O)N1CCN(S(=O)(=O)c2c(C)noc2C)CC1.Cl. The van der Waals surface area contributed by atoms with Gasteiger partial charge in [0.25, 0.3) is 0 Å². The van der Waals surface area contributed by atoms with Crippen molar-refractivity contribution < 1.29 is 17.7 Å². The number of halogens is 1. The second-order valence-corrected chi connectivity index (χ2v) is 8.42. The Balaban J connectivity index is 0.00000338. The van der Waals surface area contributed by atoms with Gasteiger partial charge >= 0.3 is 0 Å². The first kappa shape index (κ1) is 22.9. The lowest BCUT2D eigenvalue weighted by molar-refractivity contribution is -0.143. The summed E-state index contributed by atoms with van der Waals surface area (Å²) in [6, 6.07) is 0. The zero-order chi connectivity index (χ0) is 18.8. The van der Waals surface area contributed by atoms with Crippen LogP contribution in [0.15, 0.2) is 9.42 Å². The third kappa shape index (κ3) is 3.90. The summed E-state index contributed by atoms with van der Waals surface area (Å²) in [5, 5.41) is 3.73. The van der Waals surface area contributed by atoms with Gasteiger partial charge in [-0.25, -0.2) is 8.42 Å². The molecule has 0 aromatic carbocycles. The average Bonchev–Trinajstić information content (AvgIpc) is 2.96. The smallest absolute Gasteiger partial charge is 0.248 e. The molecule has 0 aliphatic carbocycles. The molecule has 0 bridgehead atoms. The molecule has 150 valence electrons. The van der Waals surface area contributed by atoms with Gasteiger partial charge in [0.15, 0.2) is 5.76 Å². The van der Waals surface area contributed by atoms with Gasteiger partial charge in [-0.3, -0.25) is 4.79 Å². The van der Waals surface area contributed by atoms with Gasteiger partial charge in [0.1, 0.15) is 10.6 Å². The number of nitrogens with two attached hydrogens (primary N) is 1. The summed E-state index contributed by atoms with van der Waals surface area (Å²) in [5.74, 6) is 0.310. The molecule has 26 heavy (non-hydrogen) atoms. The van der Waals surface area contributed by atoms with Crippen LogP contribution in [0.2, 0.25) is 0 Å². The molecular formula is C16H29ClN4O4S. The molecule has 1 amide bonds. The minimum absolute atomic E-state index is 0. The molecular weight excluding hydrogens is 380 g/mol. The summed E-state index contributed by atoms with van der Waals surface area (Å²) in [6.07, 6.45) is 1.35. The normalized spacial score (nSPS) is 16.4. The fourth-order valence-corrected chi connectivity index (χ4v) is 5.08. The molecule has 1 aromatic rings. The Morgan fingerprint density at radius 1 is 1.19 bits per heavy atom. The van der Waals surface area contributed by atoms with E-state index >= 15 is 0 Å². The molecule has 0 spiro atoms. The molecule has 10 heteroatoms. The van der Waals surface area contributed by atoms with Crippen molar-refractivity contribution in [3.8, 4) is 0 Å². The van der Waals surface area contributed by atoms with Crippen molar-refractivity contribution in [2.24, 2.45) is 11.1 Å². The van der Waals surface area contributed by atoms with Crippen molar-refractivity contribution in [2.45, 2.75) is 45.4 Å². The van der Waals surface area contributed by atoms with Gasteiger partial charge in [-0.1, -0.05) is 19.0 Å². The molecule has 2 heterocycles. The highest BCUT2D eigenvalue weighted by Gasteiger charge is 2.40. The molecule has 0 atom stereocenters. The van der Waals surface area contributed by atoms with E-state index in [1.54, 1.807) is 18.7 Å². The molecule has 8 nitrogen and oxygen atoms in total. The van der Waals surface area contributed by atoms with E-state index in [0.717, 1.165) is 0 Å². The summed E-state index contributed by atoms with van der Waals surface area (Å²) in [5.41, 5.74) is 5.66. The fraction of sp³-hybridized carbons (Fsp3) is 0.750. The quantitative estimate of drug-likeness (QED) is 0.759. The van der Waals surface area contributed by atoms with Crippen LogP contribution >= 0.6 is 12.4 Å². The molecule has 2 rings (SSSR count). The van der Waals surface area contributed by atoms with Crippen LogP contribution in [0.1, 0.15) is 38.1 Å². The van der Waals surface area contributed by atoms with Crippen molar-refractivity contribution in [3.05, 3.63) is 11.5 Å². The highest BCUT2D eigenvalue weighted by atomic mass is 35.5. The maximum absolute atomic E-state index is 12.9. The molecule has 1 aliphatic rings. The number of hydrogen-bond donors (Lipinski definition) is 1. The average molecular weight is 409 g/mol. The minimum Gasteiger partial charge on any atom is -0.360 e. The van der Waals surface area contributed by atoms with Gasteiger partial charge in [0.05, 0.1) is 5.41 Å². The molecule has 0 radical (unpaired) electrons. The first-order valence-electron chi connectivity index (χ1n) is 8.66. The van der Waals surface area contributed by atoms with Crippen LogP contribution in [0, 0.1) is 19.3 Å². The van der Waals surface area contributed by atoms with Crippen LogP contribution in [-0.2, 0) is 14.8 Å². The van der Waals surface area contributed by atoms with Crippen molar-refractivity contribution >= 4 is 28.3 Å². The van der Waals surface area contributed by atoms with Crippen LogP contribution in [0.4, 0.5) is 0 Å². The van der Waals surface area contributed by atoms with Gasteiger partial charge in [-0.15, -0.1) is 12.4 Å². The lowest BCUT2D eigenvalue weighted by Crippen LogP contribution is -2.55. The number of rotatable bonds is 6. The summed E-state index contributed by atoms with van der Waals surface area (Å²) in [7, 11) is -3.67. The van der Waals surface area contributed by atoms with Gasteiger partial charge in [0.2, 0.25) is 15.9 Å². The maximum Gasteiger partial charge on any atom is 0.248 e. The zero-order valence-electron chi connectivity index (χ0n) is 15.8. The van der Waals surface area contributed by atoms with Gasteiger partial charge < -0.3 is 15.2 Å².